The Kier molecular flexibility index (Phi) is 4.95. The molecule has 0 aliphatic rings. The van der Waals surface area contributed by atoms with Crippen LogP contribution in [0.2, 0.25) is 0 Å². The van der Waals surface area contributed by atoms with Gasteiger partial charge in [0, 0.05) is 11.9 Å². The average Bonchev–Trinajstić information content (AvgIpc) is 3.09. The minimum absolute atomic E-state index is 0.487. The van der Waals surface area contributed by atoms with Crippen molar-refractivity contribution in [2.24, 2.45) is 0 Å². The van der Waals surface area contributed by atoms with Crippen LogP contribution in [0.3, 0.4) is 0 Å². The fourth-order valence-electron chi connectivity index (χ4n) is 2.38. The Morgan fingerprint density at radius 2 is 1.76 bits per heavy atom. The summed E-state index contributed by atoms with van der Waals surface area (Å²) in [7, 11) is 0. The maximum absolute atomic E-state index is 5.77. The molecule has 0 saturated carbocycles. The van der Waals surface area contributed by atoms with E-state index in [1.807, 2.05) is 36.4 Å². The minimum Gasteiger partial charge on any atom is -0.487 e. The van der Waals surface area contributed by atoms with Crippen LogP contribution in [0.4, 0.5) is 0 Å². The van der Waals surface area contributed by atoms with Crippen molar-refractivity contribution in [2.45, 2.75) is 16.7 Å². The summed E-state index contributed by atoms with van der Waals surface area (Å²) in [5, 5.41) is 0. The van der Waals surface area contributed by atoms with Crippen molar-refractivity contribution in [3.05, 3.63) is 84.2 Å². The van der Waals surface area contributed by atoms with E-state index in [0.717, 1.165) is 27.1 Å². The van der Waals surface area contributed by atoms with Gasteiger partial charge in [-0.2, -0.15) is 0 Å². The van der Waals surface area contributed by atoms with E-state index in [1.165, 1.54) is 10.3 Å². The lowest BCUT2D eigenvalue weighted by molar-refractivity contribution is 0.301. The van der Waals surface area contributed by atoms with Crippen LogP contribution in [0, 0.1) is 0 Å². The van der Waals surface area contributed by atoms with Crippen LogP contribution in [-0.2, 0) is 12.4 Å². The molecule has 25 heavy (non-hydrogen) atoms. The molecule has 0 N–H and O–H groups in total. The van der Waals surface area contributed by atoms with E-state index in [2.05, 4.69) is 40.3 Å². The molecule has 5 heteroatoms. The highest BCUT2D eigenvalue weighted by atomic mass is 32.2. The predicted octanol–water partition coefficient (Wildman–Crippen LogP) is 5.56. The summed E-state index contributed by atoms with van der Waals surface area (Å²) < 4.78 is 8.12. The Morgan fingerprint density at radius 3 is 2.56 bits per heavy atom. The monoisotopic (exact) mass is 364 g/mol. The van der Waals surface area contributed by atoms with Gasteiger partial charge >= 0.3 is 0 Å². The molecule has 0 spiro atoms. The van der Waals surface area contributed by atoms with Gasteiger partial charge in [0.25, 0.3) is 0 Å². The maximum atomic E-state index is 5.77. The van der Waals surface area contributed by atoms with Gasteiger partial charge in [-0.3, -0.25) is 4.98 Å². The number of aromatic nitrogens is 2. The van der Waals surface area contributed by atoms with Gasteiger partial charge in [-0.25, -0.2) is 4.98 Å². The lowest BCUT2D eigenvalue weighted by Crippen LogP contribution is -1.97. The normalized spacial score (nSPS) is 10.9. The lowest BCUT2D eigenvalue weighted by Gasteiger charge is -2.06. The van der Waals surface area contributed by atoms with Gasteiger partial charge in [0.1, 0.15) is 12.4 Å². The van der Waals surface area contributed by atoms with Crippen LogP contribution >= 0.6 is 23.1 Å². The molecule has 4 aromatic rings. The predicted molar refractivity (Wildman–Crippen MR) is 104 cm³/mol. The van der Waals surface area contributed by atoms with E-state index in [1.54, 1.807) is 29.3 Å². The van der Waals surface area contributed by atoms with Gasteiger partial charge in [0.2, 0.25) is 0 Å². The number of thiazole rings is 1. The third kappa shape index (κ3) is 4.18. The highest BCUT2D eigenvalue weighted by molar-refractivity contribution is 8.00. The van der Waals surface area contributed by atoms with E-state index in [-0.39, 0.29) is 0 Å². The van der Waals surface area contributed by atoms with Gasteiger partial charge in [0.15, 0.2) is 4.34 Å². The highest BCUT2D eigenvalue weighted by Gasteiger charge is 2.04. The molecule has 0 amide bonds. The van der Waals surface area contributed by atoms with Crippen LogP contribution in [0.1, 0.15) is 11.3 Å². The smallest absolute Gasteiger partial charge is 0.151 e. The molecule has 0 saturated heterocycles. The van der Waals surface area contributed by atoms with E-state index in [4.69, 9.17) is 4.74 Å². The first-order valence-electron chi connectivity index (χ1n) is 7.97. The molecule has 3 nitrogen and oxygen atoms in total. The topological polar surface area (TPSA) is 35.0 Å². The van der Waals surface area contributed by atoms with Crippen molar-refractivity contribution >= 4 is 33.3 Å². The molecule has 0 aliphatic heterocycles. The quantitative estimate of drug-likeness (QED) is 0.419. The molecule has 2 heterocycles. The van der Waals surface area contributed by atoms with Gasteiger partial charge in [-0.15, -0.1) is 11.3 Å². The summed E-state index contributed by atoms with van der Waals surface area (Å²) in [6.07, 6.45) is 1.78. The van der Waals surface area contributed by atoms with Crippen molar-refractivity contribution in [3.63, 3.8) is 0 Å². The molecule has 2 aromatic carbocycles. The summed E-state index contributed by atoms with van der Waals surface area (Å²) >= 11 is 3.52. The number of para-hydroxylation sites is 1. The van der Waals surface area contributed by atoms with Crippen LogP contribution in [0.5, 0.6) is 5.75 Å². The second-order valence-electron chi connectivity index (χ2n) is 5.49. The molecule has 0 bridgehead atoms. The standard InChI is InChI=1S/C20H16N2OS2/c1-2-7-19-18(6-1)22-20(25-19)24-14-15-8-10-17(11-9-15)23-13-16-5-3-4-12-21-16/h1-12H,13-14H2. The molecule has 124 valence electrons. The Morgan fingerprint density at radius 1 is 0.920 bits per heavy atom. The summed E-state index contributed by atoms with van der Waals surface area (Å²) in [6.45, 7) is 0.487. The first-order chi connectivity index (χ1) is 12.4. The fraction of sp³-hybridized carbons (Fsp3) is 0.100. The third-order valence-corrected chi connectivity index (χ3v) is 5.92. The molecule has 0 radical (unpaired) electrons. The first kappa shape index (κ1) is 16.1. The van der Waals surface area contributed by atoms with Crippen LogP contribution < -0.4 is 4.74 Å². The van der Waals surface area contributed by atoms with Crippen molar-refractivity contribution in [1.29, 1.82) is 0 Å². The van der Waals surface area contributed by atoms with Crippen molar-refractivity contribution in [1.82, 2.24) is 9.97 Å². The molecule has 2 aromatic heterocycles. The Labute approximate surface area is 154 Å². The third-order valence-electron chi connectivity index (χ3n) is 3.67. The number of benzene rings is 2. The minimum atomic E-state index is 0.487. The molecule has 0 aliphatic carbocycles. The molecular formula is C20H16N2OS2. The molecule has 0 unspecified atom stereocenters. The van der Waals surface area contributed by atoms with Gasteiger partial charge in [-0.05, 0) is 42.0 Å². The molecular weight excluding hydrogens is 348 g/mol. The van der Waals surface area contributed by atoms with E-state index >= 15 is 0 Å². The second-order valence-corrected chi connectivity index (χ2v) is 7.74. The molecule has 0 atom stereocenters. The number of fused-ring (bicyclic) bond motifs is 1. The van der Waals surface area contributed by atoms with E-state index in [0.29, 0.717) is 6.61 Å². The Bertz CT molecular complexity index is 919. The van der Waals surface area contributed by atoms with E-state index < -0.39 is 0 Å². The summed E-state index contributed by atoms with van der Waals surface area (Å²) in [4.78, 5) is 8.92. The highest BCUT2D eigenvalue weighted by Crippen LogP contribution is 2.31. The number of thioether (sulfide) groups is 1. The lowest BCUT2D eigenvalue weighted by atomic mass is 10.2. The number of rotatable bonds is 6. The van der Waals surface area contributed by atoms with Crippen LogP contribution in [0.25, 0.3) is 10.2 Å². The van der Waals surface area contributed by atoms with Gasteiger partial charge < -0.3 is 4.74 Å². The second kappa shape index (κ2) is 7.68. The molecule has 0 fully saturated rings. The number of nitrogens with zero attached hydrogens (tertiary/aromatic N) is 2. The number of ether oxygens (including phenoxy) is 1. The zero-order valence-corrected chi connectivity index (χ0v) is 15.1. The largest absolute Gasteiger partial charge is 0.487 e. The number of hydrogen-bond acceptors (Lipinski definition) is 5. The van der Waals surface area contributed by atoms with Gasteiger partial charge in [-0.1, -0.05) is 42.1 Å². The van der Waals surface area contributed by atoms with Crippen molar-refractivity contribution < 1.29 is 4.74 Å². The van der Waals surface area contributed by atoms with Gasteiger partial charge in [0.05, 0.1) is 15.9 Å². The Hall–Kier alpha value is -2.37. The summed E-state index contributed by atoms with van der Waals surface area (Å²) in [5.41, 5.74) is 3.26. The summed E-state index contributed by atoms with van der Waals surface area (Å²) in [6, 6.07) is 22.3. The SMILES string of the molecule is c1ccc(COc2ccc(CSc3nc4ccccc4s3)cc2)nc1. The van der Waals surface area contributed by atoms with E-state index in [9.17, 15) is 0 Å². The first-order valence-corrected chi connectivity index (χ1v) is 9.77. The average molecular weight is 364 g/mol. The van der Waals surface area contributed by atoms with Crippen LogP contribution in [-0.4, -0.2) is 9.97 Å². The maximum Gasteiger partial charge on any atom is 0.151 e. The number of hydrogen-bond donors (Lipinski definition) is 0. The molecule has 4 rings (SSSR count). The van der Waals surface area contributed by atoms with Crippen LogP contribution in [0.15, 0.2) is 77.3 Å². The zero-order valence-electron chi connectivity index (χ0n) is 13.5. The van der Waals surface area contributed by atoms with Crippen molar-refractivity contribution in [2.75, 3.05) is 0 Å². The Balaban J connectivity index is 1.34. The zero-order chi connectivity index (χ0) is 16.9. The number of pyridine rings is 1. The summed E-state index contributed by atoms with van der Waals surface area (Å²) in [5.74, 6) is 1.76. The van der Waals surface area contributed by atoms with Crippen molar-refractivity contribution in [3.8, 4) is 5.75 Å². The fourth-order valence-corrected chi connectivity index (χ4v) is 4.40.